The van der Waals surface area contributed by atoms with Gasteiger partial charge in [-0.25, -0.2) is 9.97 Å². The van der Waals surface area contributed by atoms with Gasteiger partial charge in [-0.2, -0.15) is 0 Å². The number of likely N-dealkylation sites (tertiary alicyclic amines) is 1. The average Bonchev–Trinajstić information content (AvgIpc) is 2.33. The number of hydrogen-bond donors (Lipinski definition) is 1. The molecule has 0 amide bonds. The lowest BCUT2D eigenvalue weighted by molar-refractivity contribution is 0.0821. The third-order valence-corrected chi connectivity index (χ3v) is 3.11. The van der Waals surface area contributed by atoms with Crippen LogP contribution in [-0.2, 0) is 6.42 Å². The fourth-order valence-corrected chi connectivity index (χ4v) is 2.11. The molecular formula is C12H19N3O. The molecule has 0 aromatic carbocycles. The van der Waals surface area contributed by atoms with E-state index < -0.39 is 0 Å². The zero-order chi connectivity index (χ0) is 11.2. The van der Waals surface area contributed by atoms with Gasteiger partial charge in [0, 0.05) is 25.5 Å². The monoisotopic (exact) mass is 221 g/mol. The quantitative estimate of drug-likeness (QED) is 0.819. The lowest BCUT2D eigenvalue weighted by Crippen LogP contribution is -2.36. The van der Waals surface area contributed by atoms with Gasteiger partial charge in [0.2, 0.25) is 0 Å². The highest BCUT2D eigenvalue weighted by molar-refractivity contribution is 5.02. The van der Waals surface area contributed by atoms with Crippen molar-refractivity contribution in [3.8, 4) is 0 Å². The first-order chi connectivity index (χ1) is 7.84. The van der Waals surface area contributed by atoms with Crippen LogP contribution in [0.15, 0.2) is 18.7 Å². The van der Waals surface area contributed by atoms with Crippen molar-refractivity contribution in [2.75, 3.05) is 19.6 Å². The summed E-state index contributed by atoms with van der Waals surface area (Å²) in [6.07, 6.45) is 9.29. The number of aryl methyl sites for hydroxylation is 1. The predicted molar refractivity (Wildman–Crippen MR) is 62.0 cm³/mol. The second kappa shape index (κ2) is 5.92. The van der Waals surface area contributed by atoms with Crippen molar-refractivity contribution in [1.82, 2.24) is 14.9 Å². The average molecular weight is 221 g/mol. The number of rotatable bonds is 4. The summed E-state index contributed by atoms with van der Waals surface area (Å²) in [7, 11) is 0. The summed E-state index contributed by atoms with van der Waals surface area (Å²) in [6.45, 7) is 3.18. The zero-order valence-corrected chi connectivity index (χ0v) is 9.55. The molecule has 1 aliphatic heterocycles. The zero-order valence-electron chi connectivity index (χ0n) is 9.55. The fraction of sp³-hybridized carbons (Fsp3) is 0.667. The number of nitrogens with zero attached hydrogens (tertiary/aromatic N) is 3. The van der Waals surface area contributed by atoms with Crippen LogP contribution in [0.2, 0.25) is 0 Å². The Labute approximate surface area is 96.3 Å². The van der Waals surface area contributed by atoms with Crippen LogP contribution < -0.4 is 0 Å². The molecule has 1 saturated heterocycles. The van der Waals surface area contributed by atoms with E-state index in [4.69, 9.17) is 0 Å². The SMILES string of the molecule is OC1CCN(CCCc2cncnc2)CC1. The Bertz CT molecular complexity index is 296. The highest BCUT2D eigenvalue weighted by Gasteiger charge is 2.15. The Morgan fingerprint density at radius 3 is 2.62 bits per heavy atom. The van der Waals surface area contributed by atoms with E-state index >= 15 is 0 Å². The van der Waals surface area contributed by atoms with E-state index in [0.29, 0.717) is 0 Å². The van der Waals surface area contributed by atoms with E-state index in [9.17, 15) is 5.11 Å². The van der Waals surface area contributed by atoms with Gasteiger partial charge in [-0.15, -0.1) is 0 Å². The third kappa shape index (κ3) is 3.54. The maximum absolute atomic E-state index is 9.39. The highest BCUT2D eigenvalue weighted by atomic mass is 16.3. The highest BCUT2D eigenvalue weighted by Crippen LogP contribution is 2.10. The minimum absolute atomic E-state index is 0.0706. The molecule has 2 rings (SSSR count). The van der Waals surface area contributed by atoms with E-state index in [1.807, 2.05) is 12.4 Å². The Morgan fingerprint density at radius 2 is 1.94 bits per heavy atom. The van der Waals surface area contributed by atoms with Crippen LogP contribution in [-0.4, -0.2) is 45.7 Å². The van der Waals surface area contributed by atoms with E-state index in [0.717, 1.165) is 45.3 Å². The summed E-state index contributed by atoms with van der Waals surface area (Å²) in [6, 6.07) is 0. The van der Waals surface area contributed by atoms with Gasteiger partial charge >= 0.3 is 0 Å². The van der Waals surface area contributed by atoms with Gasteiger partial charge in [-0.05, 0) is 37.8 Å². The molecule has 0 spiro atoms. The summed E-state index contributed by atoms with van der Waals surface area (Å²) in [5, 5.41) is 9.39. The standard InChI is InChI=1S/C12H19N3O/c16-12-3-6-15(7-4-12)5-1-2-11-8-13-10-14-9-11/h8-10,12,16H,1-7H2. The smallest absolute Gasteiger partial charge is 0.115 e. The van der Waals surface area contributed by atoms with E-state index in [1.165, 1.54) is 5.56 Å². The van der Waals surface area contributed by atoms with Crippen molar-refractivity contribution < 1.29 is 5.11 Å². The summed E-state index contributed by atoms with van der Waals surface area (Å²) in [5.74, 6) is 0. The van der Waals surface area contributed by atoms with Crippen molar-refractivity contribution in [2.24, 2.45) is 0 Å². The normalized spacial score (nSPS) is 18.8. The van der Waals surface area contributed by atoms with Gasteiger partial charge in [0.05, 0.1) is 6.10 Å². The molecule has 4 nitrogen and oxygen atoms in total. The molecule has 16 heavy (non-hydrogen) atoms. The fourth-order valence-electron chi connectivity index (χ4n) is 2.11. The maximum atomic E-state index is 9.39. The van der Waals surface area contributed by atoms with Crippen molar-refractivity contribution in [2.45, 2.75) is 31.8 Å². The van der Waals surface area contributed by atoms with E-state index in [1.54, 1.807) is 6.33 Å². The molecule has 1 aromatic heterocycles. The summed E-state index contributed by atoms with van der Waals surface area (Å²) < 4.78 is 0. The first-order valence-corrected chi connectivity index (χ1v) is 5.99. The summed E-state index contributed by atoms with van der Waals surface area (Å²) >= 11 is 0. The summed E-state index contributed by atoms with van der Waals surface area (Å²) in [5.41, 5.74) is 1.21. The number of hydrogen-bond acceptors (Lipinski definition) is 4. The molecule has 1 aliphatic rings. The minimum Gasteiger partial charge on any atom is -0.393 e. The number of piperidine rings is 1. The Balaban J connectivity index is 1.65. The maximum Gasteiger partial charge on any atom is 0.115 e. The Kier molecular flexibility index (Phi) is 4.25. The third-order valence-electron chi connectivity index (χ3n) is 3.11. The lowest BCUT2D eigenvalue weighted by Gasteiger charge is -2.29. The lowest BCUT2D eigenvalue weighted by atomic mass is 10.1. The predicted octanol–water partition coefficient (Wildman–Crippen LogP) is 0.866. The molecule has 0 atom stereocenters. The number of aliphatic hydroxyl groups is 1. The Hall–Kier alpha value is -1.00. The molecule has 0 radical (unpaired) electrons. The van der Waals surface area contributed by atoms with Gasteiger partial charge in [0.15, 0.2) is 0 Å². The molecule has 1 N–H and O–H groups in total. The molecule has 0 bridgehead atoms. The van der Waals surface area contributed by atoms with E-state index in [-0.39, 0.29) is 6.10 Å². The van der Waals surface area contributed by atoms with Crippen LogP contribution in [0.1, 0.15) is 24.8 Å². The molecule has 0 saturated carbocycles. The molecular weight excluding hydrogens is 202 g/mol. The largest absolute Gasteiger partial charge is 0.393 e. The van der Waals surface area contributed by atoms with Gasteiger partial charge in [0.25, 0.3) is 0 Å². The number of aromatic nitrogens is 2. The first-order valence-electron chi connectivity index (χ1n) is 5.99. The van der Waals surface area contributed by atoms with Crippen LogP contribution >= 0.6 is 0 Å². The van der Waals surface area contributed by atoms with Crippen molar-refractivity contribution in [1.29, 1.82) is 0 Å². The van der Waals surface area contributed by atoms with Gasteiger partial charge < -0.3 is 10.0 Å². The topological polar surface area (TPSA) is 49.2 Å². The van der Waals surface area contributed by atoms with Crippen LogP contribution in [0.3, 0.4) is 0 Å². The van der Waals surface area contributed by atoms with Gasteiger partial charge in [-0.3, -0.25) is 0 Å². The van der Waals surface area contributed by atoms with Crippen molar-refractivity contribution in [3.05, 3.63) is 24.3 Å². The minimum atomic E-state index is -0.0706. The van der Waals surface area contributed by atoms with Gasteiger partial charge in [-0.1, -0.05) is 0 Å². The van der Waals surface area contributed by atoms with Crippen LogP contribution in [0.5, 0.6) is 0 Å². The molecule has 1 fully saturated rings. The van der Waals surface area contributed by atoms with Crippen LogP contribution in [0, 0.1) is 0 Å². The van der Waals surface area contributed by atoms with Crippen LogP contribution in [0.25, 0.3) is 0 Å². The Morgan fingerprint density at radius 1 is 1.25 bits per heavy atom. The number of aliphatic hydroxyl groups excluding tert-OH is 1. The second-order valence-corrected chi connectivity index (χ2v) is 4.42. The molecule has 88 valence electrons. The second-order valence-electron chi connectivity index (χ2n) is 4.42. The van der Waals surface area contributed by atoms with Crippen LogP contribution in [0.4, 0.5) is 0 Å². The molecule has 0 unspecified atom stereocenters. The van der Waals surface area contributed by atoms with Crippen molar-refractivity contribution >= 4 is 0 Å². The molecule has 4 heteroatoms. The van der Waals surface area contributed by atoms with Crippen molar-refractivity contribution in [3.63, 3.8) is 0 Å². The molecule has 2 heterocycles. The molecule has 1 aromatic rings. The summed E-state index contributed by atoms with van der Waals surface area (Å²) in [4.78, 5) is 10.4. The van der Waals surface area contributed by atoms with Gasteiger partial charge in [0.1, 0.15) is 6.33 Å². The first kappa shape index (κ1) is 11.5. The molecule has 0 aliphatic carbocycles. The van der Waals surface area contributed by atoms with E-state index in [2.05, 4.69) is 14.9 Å².